The summed E-state index contributed by atoms with van der Waals surface area (Å²) in [5, 5.41) is 14.5. The molecule has 4 rings (SSSR count). The van der Waals surface area contributed by atoms with Gasteiger partial charge in [0.15, 0.2) is 0 Å². The molecule has 0 aliphatic carbocycles. The number of benzene rings is 1. The van der Waals surface area contributed by atoms with Gasteiger partial charge in [-0.3, -0.25) is 10.2 Å². The lowest BCUT2D eigenvalue weighted by molar-refractivity contribution is -0.109. The molecule has 1 aliphatic rings. The lowest BCUT2D eigenvalue weighted by atomic mass is 10.0. The van der Waals surface area contributed by atoms with Crippen molar-refractivity contribution in [2.24, 2.45) is 0 Å². The Hall–Kier alpha value is -4.01. The van der Waals surface area contributed by atoms with E-state index in [0.29, 0.717) is 29.9 Å². The van der Waals surface area contributed by atoms with E-state index in [1.54, 1.807) is 6.20 Å². The highest BCUT2D eigenvalue weighted by molar-refractivity contribution is 6.16. The zero-order valence-electron chi connectivity index (χ0n) is 17.0. The Labute approximate surface area is 180 Å². The predicted octanol–water partition coefficient (Wildman–Crippen LogP) is 2.46. The molecule has 1 saturated heterocycles. The summed E-state index contributed by atoms with van der Waals surface area (Å²) in [5.74, 6) is 1.62. The monoisotopic (exact) mass is 416 g/mol. The minimum Gasteiger partial charge on any atom is -0.383 e. The van der Waals surface area contributed by atoms with E-state index in [0.717, 1.165) is 30.2 Å². The second-order valence-corrected chi connectivity index (χ2v) is 7.28. The second kappa shape index (κ2) is 9.21. The highest BCUT2D eigenvalue weighted by Gasteiger charge is 2.17. The molecule has 5 N–H and O–H groups in total. The average Bonchev–Trinajstić information content (AvgIpc) is 3.33. The molecule has 1 fully saturated rings. The molecule has 0 atom stereocenters. The van der Waals surface area contributed by atoms with E-state index in [4.69, 9.17) is 11.1 Å². The van der Waals surface area contributed by atoms with Gasteiger partial charge in [0.25, 0.3) is 0 Å². The van der Waals surface area contributed by atoms with Gasteiger partial charge in [0.1, 0.15) is 23.8 Å². The van der Waals surface area contributed by atoms with Crippen LogP contribution < -0.4 is 21.3 Å². The maximum atomic E-state index is 10.5. The summed E-state index contributed by atoms with van der Waals surface area (Å²) < 4.78 is 0. The Morgan fingerprint density at radius 3 is 2.55 bits per heavy atom. The number of carbonyl (C=O) groups excluding carboxylic acids is 1. The number of nitrogens with one attached hydrogen (secondary N) is 3. The number of anilines is 4. The fraction of sp³-hybridized carbons (Fsp3) is 0.227. The third-order valence-corrected chi connectivity index (χ3v) is 5.20. The van der Waals surface area contributed by atoms with Crippen LogP contribution in [0.15, 0.2) is 48.9 Å². The number of aromatic nitrogens is 3. The third-order valence-electron chi connectivity index (χ3n) is 5.20. The van der Waals surface area contributed by atoms with E-state index < -0.39 is 0 Å². The van der Waals surface area contributed by atoms with Crippen molar-refractivity contribution >= 4 is 35.3 Å². The summed E-state index contributed by atoms with van der Waals surface area (Å²) in [7, 11) is 0. The van der Waals surface area contributed by atoms with Gasteiger partial charge in [0.2, 0.25) is 6.41 Å². The maximum absolute atomic E-state index is 10.5. The highest BCUT2D eigenvalue weighted by Crippen LogP contribution is 2.26. The van der Waals surface area contributed by atoms with Gasteiger partial charge in [-0.25, -0.2) is 15.0 Å². The van der Waals surface area contributed by atoms with Crippen molar-refractivity contribution < 1.29 is 4.79 Å². The van der Waals surface area contributed by atoms with Crippen LogP contribution in [0.1, 0.15) is 29.5 Å². The van der Waals surface area contributed by atoms with Crippen LogP contribution in [-0.4, -0.2) is 40.2 Å². The molecule has 9 nitrogen and oxygen atoms in total. The standard InChI is InChI=1S/C22H24N8O/c23-20(16-5-3-15(4-6-16)11-25-14-31)19-21(24)27-13-28-22(19)29-17-7-8-18(26-12-17)30-9-1-2-10-30/h3-8,12-14,23H,1-2,9-11H2,(H,25,31)(H3,24,27,28,29). The van der Waals surface area contributed by atoms with Crippen LogP contribution in [0, 0.1) is 5.41 Å². The van der Waals surface area contributed by atoms with E-state index in [2.05, 4.69) is 30.5 Å². The van der Waals surface area contributed by atoms with Crippen molar-refractivity contribution in [1.82, 2.24) is 20.3 Å². The second-order valence-electron chi connectivity index (χ2n) is 7.28. The fourth-order valence-corrected chi connectivity index (χ4v) is 3.56. The zero-order valence-corrected chi connectivity index (χ0v) is 17.0. The van der Waals surface area contributed by atoms with Crippen LogP contribution in [-0.2, 0) is 11.3 Å². The summed E-state index contributed by atoms with van der Waals surface area (Å²) >= 11 is 0. The number of rotatable bonds is 8. The van der Waals surface area contributed by atoms with E-state index in [1.165, 1.54) is 19.2 Å². The molecule has 0 spiro atoms. The first kappa shape index (κ1) is 20.3. The molecule has 0 bridgehead atoms. The van der Waals surface area contributed by atoms with Crippen LogP contribution >= 0.6 is 0 Å². The first-order chi connectivity index (χ1) is 15.2. The predicted molar refractivity (Wildman–Crippen MR) is 121 cm³/mol. The molecule has 9 heteroatoms. The normalized spacial score (nSPS) is 13.1. The van der Waals surface area contributed by atoms with E-state index >= 15 is 0 Å². The number of amides is 1. The molecule has 1 amide bonds. The van der Waals surface area contributed by atoms with Crippen LogP contribution in [0.4, 0.5) is 23.1 Å². The van der Waals surface area contributed by atoms with Crippen molar-refractivity contribution in [1.29, 1.82) is 5.41 Å². The summed E-state index contributed by atoms with van der Waals surface area (Å²) in [6, 6.07) is 11.3. The van der Waals surface area contributed by atoms with E-state index in [1.807, 2.05) is 36.4 Å². The number of hydrogen-bond acceptors (Lipinski definition) is 8. The van der Waals surface area contributed by atoms with E-state index in [9.17, 15) is 4.79 Å². The molecule has 0 unspecified atom stereocenters. The molecule has 0 radical (unpaired) electrons. The van der Waals surface area contributed by atoms with Crippen molar-refractivity contribution in [3.8, 4) is 0 Å². The van der Waals surface area contributed by atoms with Gasteiger partial charge in [0.05, 0.1) is 23.2 Å². The number of nitrogens with two attached hydrogens (primary N) is 1. The SMILES string of the molecule is N=C(c1ccc(CNC=O)cc1)c1c(N)ncnc1Nc1ccc(N2CCCC2)nc1. The molecule has 158 valence electrons. The molecular weight excluding hydrogens is 392 g/mol. The largest absolute Gasteiger partial charge is 0.383 e. The number of pyridine rings is 1. The van der Waals surface area contributed by atoms with Crippen LogP contribution in [0.3, 0.4) is 0 Å². The Morgan fingerprint density at radius 1 is 1.10 bits per heavy atom. The quantitative estimate of drug-likeness (QED) is 0.327. The smallest absolute Gasteiger partial charge is 0.207 e. The van der Waals surface area contributed by atoms with Gasteiger partial charge in [-0.05, 0) is 30.5 Å². The zero-order chi connectivity index (χ0) is 21.6. The van der Waals surface area contributed by atoms with Crippen molar-refractivity contribution in [2.75, 3.05) is 29.0 Å². The van der Waals surface area contributed by atoms with Gasteiger partial charge in [0, 0.05) is 25.2 Å². The maximum Gasteiger partial charge on any atom is 0.207 e. The minimum atomic E-state index is 0.206. The Kier molecular flexibility index (Phi) is 6.02. The number of hydrogen-bond donors (Lipinski definition) is 4. The molecule has 2 aromatic heterocycles. The lowest BCUT2D eigenvalue weighted by Gasteiger charge is -2.17. The highest BCUT2D eigenvalue weighted by atomic mass is 16.1. The lowest BCUT2D eigenvalue weighted by Crippen LogP contribution is -2.18. The topological polar surface area (TPSA) is 133 Å². The van der Waals surface area contributed by atoms with Gasteiger partial charge in [-0.15, -0.1) is 0 Å². The summed E-state index contributed by atoms with van der Waals surface area (Å²) in [5.41, 5.74) is 9.10. The summed E-state index contributed by atoms with van der Waals surface area (Å²) in [6.07, 6.45) is 6.18. The summed E-state index contributed by atoms with van der Waals surface area (Å²) in [6.45, 7) is 2.50. The Bertz CT molecular complexity index is 1060. The van der Waals surface area contributed by atoms with Crippen molar-refractivity contribution in [3.63, 3.8) is 0 Å². The molecular formula is C22H24N8O. The fourth-order valence-electron chi connectivity index (χ4n) is 3.56. The van der Waals surface area contributed by atoms with Crippen LogP contribution in [0.5, 0.6) is 0 Å². The van der Waals surface area contributed by atoms with Crippen molar-refractivity contribution in [3.05, 3.63) is 65.6 Å². The van der Waals surface area contributed by atoms with Gasteiger partial charge < -0.3 is 21.3 Å². The van der Waals surface area contributed by atoms with Crippen molar-refractivity contribution in [2.45, 2.75) is 19.4 Å². The molecule has 31 heavy (non-hydrogen) atoms. The molecule has 3 heterocycles. The molecule has 1 aliphatic heterocycles. The van der Waals surface area contributed by atoms with Crippen LogP contribution in [0.2, 0.25) is 0 Å². The van der Waals surface area contributed by atoms with Gasteiger partial charge in [-0.2, -0.15) is 0 Å². The molecule has 3 aromatic rings. The van der Waals surface area contributed by atoms with Gasteiger partial charge in [-0.1, -0.05) is 24.3 Å². The number of nitrogens with zero attached hydrogens (tertiary/aromatic N) is 4. The first-order valence-electron chi connectivity index (χ1n) is 10.1. The summed E-state index contributed by atoms with van der Waals surface area (Å²) in [4.78, 5) is 25.7. The average molecular weight is 416 g/mol. The Morgan fingerprint density at radius 2 is 1.87 bits per heavy atom. The minimum absolute atomic E-state index is 0.206. The Balaban J connectivity index is 1.55. The number of nitrogen functional groups attached to an aromatic ring is 1. The number of carbonyl (C=O) groups is 1. The van der Waals surface area contributed by atoms with Gasteiger partial charge >= 0.3 is 0 Å². The molecule has 1 aromatic carbocycles. The van der Waals surface area contributed by atoms with Crippen LogP contribution in [0.25, 0.3) is 0 Å². The first-order valence-corrected chi connectivity index (χ1v) is 10.1. The molecule has 0 saturated carbocycles. The third kappa shape index (κ3) is 4.61. The van der Waals surface area contributed by atoms with E-state index in [-0.39, 0.29) is 11.5 Å².